The molecule has 1 nitrogen and oxygen atoms in total. The molecule has 0 aromatic heterocycles. The predicted octanol–water partition coefficient (Wildman–Crippen LogP) is 4.22. The van der Waals surface area contributed by atoms with Gasteiger partial charge in [-0.2, -0.15) is 0 Å². The summed E-state index contributed by atoms with van der Waals surface area (Å²) in [5.41, 5.74) is 0. The molecule has 2 saturated carbocycles. The van der Waals surface area contributed by atoms with Gasteiger partial charge in [0, 0.05) is 28.0 Å². The van der Waals surface area contributed by atoms with Crippen LogP contribution in [0, 0.1) is 12.3 Å². The molecule has 0 N–H and O–H groups in total. The minimum atomic E-state index is 0. The van der Waals surface area contributed by atoms with Crippen LogP contribution in [-0.2, 0) is 21.9 Å². The van der Waals surface area contributed by atoms with Gasteiger partial charge in [-0.15, -0.1) is 0 Å². The summed E-state index contributed by atoms with van der Waals surface area (Å²) in [6, 6.07) is 0. The van der Waals surface area contributed by atoms with Crippen molar-refractivity contribution in [2.24, 2.45) is 0 Å². The molecule has 0 unspecified atom stereocenters. The normalized spacial score (nSPS) is 20.9. The van der Waals surface area contributed by atoms with E-state index in [-0.39, 0.29) is 17.1 Å². The van der Waals surface area contributed by atoms with E-state index in [0.29, 0.717) is 5.03 Å². The average molecular weight is 283 g/mol. The zero-order valence-electron chi connectivity index (χ0n) is 9.53. The number of allylic oxidation sites excluding steroid dienone is 2. The molecule has 0 saturated heterocycles. The van der Waals surface area contributed by atoms with Crippen LogP contribution in [0.5, 0.6) is 0 Å². The Hall–Kier alpha value is 0.219. The van der Waals surface area contributed by atoms with E-state index < -0.39 is 0 Å². The molecule has 92 valence electrons. The molecule has 0 heterocycles. The Balaban J connectivity index is 0.000000318. The Bertz CT molecular complexity index is 198. The van der Waals surface area contributed by atoms with Crippen LogP contribution in [0.4, 0.5) is 0 Å². The van der Waals surface area contributed by atoms with E-state index in [2.05, 4.69) is 6.42 Å². The number of aldehydes is 1. The van der Waals surface area contributed by atoms with Crippen molar-refractivity contribution in [3.63, 3.8) is 0 Å². The maximum Gasteiger partial charge on any atom is 0.144 e. The van der Waals surface area contributed by atoms with Gasteiger partial charge in [-0.25, -0.2) is 0 Å². The van der Waals surface area contributed by atoms with Gasteiger partial charge >= 0.3 is 0 Å². The summed E-state index contributed by atoms with van der Waals surface area (Å²) in [6.45, 7) is 0. The summed E-state index contributed by atoms with van der Waals surface area (Å²) in [7, 11) is 0. The molecule has 0 aromatic carbocycles. The fraction of sp³-hybridized carbons (Fsp3) is 0.615. The van der Waals surface area contributed by atoms with Gasteiger partial charge in [-0.1, -0.05) is 50.1 Å². The molecular formula is C13H19ClFeO. The fourth-order valence-corrected chi connectivity index (χ4v) is 2.16. The standard InChI is InChI=1S/C8H9ClO.C5H10.Fe/c9-8(5-6-10)7-3-1-2-4-7;1-2-4-5-3-1;/h3,5-6H,1-2,4H2;1-5H2;/b8-5-;;. The summed E-state index contributed by atoms with van der Waals surface area (Å²) in [4.78, 5) is 9.98. The fourth-order valence-electron chi connectivity index (χ4n) is 1.94. The third-order valence-corrected chi connectivity index (χ3v) is 3.18. The summed E-state index contributed by atoms with van der Waals surface area (Å²) in [5, 5.41) is 0.604. The van der Waals surface area contributed by atoms with Crippen LogP contribution in [0.25, 0.3) is 0 Å². The van der Waals surface area contributed by atoms with Crippen molar-refractivity contribution in [2.75, 3.05) is 0 Å². The number of halogens is 1. The monoisotopic (exact) mass is 282 g/mol. The SMILES string of the molecule is C1CCCC1.O=C/C=C(\Cl)[C]1[CH]CCC1.[Fe]. The van der Waals surface area contributed by atoms with E-state index in [1.807, 2.05) is 0 Å². The molecular weight excluding hydrogens is 263 g/mol. The van der Waals surface area contributed by atoms with Crippen LogP contribution in [0.1, 0.15) is 51.4 Å². The van der Waals surface area contributed by atoms with Gasteiger partial charge in [0.2, 0.25) is 0 Å². The number of carbonyl (C=O) groups is 1. The first-order valence-corrected chi connectivity index (χ1v) is 6.23. The van der Waals surface area contributed by atoms with Gasteiger partial charge in [0.25, 0.3) is 0 Å². The predicted molar refractivity (Wildman–Crippen MR) is 64.5 cm³/mol. The third kappa shape index (κ3) is 6.73. The number of rotatable bonds is 2. The molecule has 2 aliphatic rings. The first kappa shape index (κ1) is 16.2. The van der Waals surface area contributed by atoms with E-state index in [1.165, 1.54) is 38.2 Å². The molecule has 3 heteroatoms. The van der Waals surface area contributed by atoms with Crippen molar-refractivity contribution in [1.29, 1.82) is 0 Å². The zero-order chi connectivity index (χ0) is 10.9. The van der Waals surface area contributed by atoms with Crippen molar-refractivity contribution in [3.05, 3.63) is 23.4 Å². The molecule has 16 heavy (non-hydrogen) atoms. The maximum atomic E-state index is 9.98. The van der Waals surface area contributed by atoms with Gasteiger partial charge < -0.3 is 0 Å². The molecule has 2 radical (unpaired) electrons. The Labute approximate surface area is 114 Å². The summed E-state index contributed by atoms with van der Waals surface area (Å²) >= 11 is 5.75. The first-order chi connectivity index (χ1) is 7.34. The second-order valence-corrected chi connectivity index (χ2v) is 4.45. The zero-order valence-corrected chi connectivity index (χ0v) is 11.4. The number of carbonyl (C=O) groups excluding carboxylic acids is 1. The molecule has 0 amide bonds. The number of hydrogen-bond acceptors (Lipinski definition) is 1. The summed E-state index contributed by atoms with van der Waals surface area (Å²) in [5.74, 6) is 1.12. The largest absolute Gasteiger partial charge is 0.299 e. The van der Waals surface area contributed by atoms with Gasteiger partial charge in [0.05, 0.1) is 0 Å². The van der Waals surface area contributed by atoms with Gasteiger partial charge in [0.15, 0.2) is 0 Å². The smallest absolute Gasteiger partial charge is 0.144 e. The van der Waals surface area contributed by atoms with Crippen LogP contribution in [-0.4, -0.2) is 6.29 Å². The molecule has 2 aliphatic carbocycles. The maximum absolute atomic E-state index is 9.98. The molecule has 0 atom stereocenters. The first-order valence-electron chi connectivity index (χ1n) is 5.85. The molecule has 2 rings (SSSR count). The van der Waals surface area contributed by atoms with E-state index >= 15 is 0 Å². The Morgan fingerprint density at radius 3 is 2.06 bits per heavy atom. The van der Waals surface area contributed by atoms with Crippen molar-refractivity contribution >= 4 is 17.9 Å². The van der Waals surface area contributed by atoms with Crippen LogP contribution < -0.4 is 0 Å². The molecule has 0 bridgehead atoms. The second kappa shape index (κ2) is 10.4. The minimum Gasteiger partial charge on any atom is -0.299 e. The van der Waals surface area contributed by atoms with Crippen LogP contribution >= 0.6 is 11.6 Å². The van der Waals surface area contributed by atoms with Crippen LogP contribution in [0.15, 0.2) is 11.1 Å². The van der Waals surface area contributed by atoms with Gasteiger partial charge in [-0.05, 0) is 25.3 Å². The average Bonchev–Trinajstić information content (AvgIpc) is 2.95. The molecule has 2 fully saturated rings. The van der Waals surface area contributed by atoms with Gasteiger partial charge in [0.1, 0.15) is 6.29 Å². The van der Waals surface area contributed by atoms with Crippen molar-refractivity contribution < 1.29 is 21.9 Å². The number of hydrogen-bond donors (Lipinski definition) is 0. The molecule has 0 aromatic rings. The minimum absolute atomic E-state index is 0. The van der Waals surface area contributed by atoms with Crippen molar-refractivity contribution in [3.8, 4) is 0 Å². The Morgan fingerprint density at radius 1 is 1.12 bits per heavy atom. The quantitative estimate of drug-likeness (QED) is 0.421. The third-order valence-electron chi connectivity index (χ3n) is 2.81. The summed E-state index contributed by atoms with van der Waals surface area (Å²) in [6.07, 6.45) is 15.0. The van der Waals surface area contributed by atoms with Crippen molar-refractivity contribution in [1.82, 2.24) is 0 Å². The Kier molecular flexibility index (Phi) is 10.5. The van der Waals surface area contributed by atoms with E-state index in [9.17, 15) is 4.79 Å². The van der Waals surface area contributed by atoms with Crippen molar-refractivity contribution in [2.45, 2.75) is 51.4 Å². The van der Waals surface area contributed by atoms with E-state index in [4.69, 9.17) is 11.6 Å². The summed E-state index contributed by atoms with van der Waals surface area (Å²) < 4.78 is 0. The van der Waals surface area contributed by atoms with Crippen LogP contribution in [0.3, 0.4) is 0 Å². The van der Waals surface area contributed by atoms with Crippen LogP contribution in [0.2, 0.25) is 0 Å². The molecule has 0 aliphatic heterocycles. The van der Waals surface area contributed by atoms with E-state index in [0.717, 1.165) is 31.5 Å². The second-order valence-electron chi connectivity index (χ2n) is 4.04. The topological polar surface area (TPSA) is 17.1 Å². The Morgan fingerprint density at radius 2 is 1.69 bits per heavy atom. The van der Waals surface area contributed by atoms with E-state index in [1.54, 1.807) is 0 Å². The molecule has 0 spiro atoms. The van der Waals surface area contributed by atoms with Gasteiger partial charge in [-0.3, -0.25) is 4.79 Å².